The van der Waals surface area contributed by atoms with Crippen LogP contribution in [0.3, 0.4) is 0 Å². The first-order valence-corrected chi connectivity index (χ1v) is 6.01. The van der Waals surface area contributed by atoms with Crippen LogP contribution in [0.5, 0.6) is 0 Å². The number of benzene rings is 1. The van der Waals surface area contributed by atoms with Crippen molar-refractivity contribution < 1.29 is 9.90 Å². The predicted octanol–water partition coefficient (Wildman–Crippen LogP) is 1.83. The molecule has 0 aliphatic carbocycles. The van der Waals surface area contributed by atoms with Gasteiger partial charge in [0.2, 0.25) is 0 Å². The molecule has 0 atom stereocenters. The quantitative estimate of drug-likeness (QED) is 0.909. The van der Waals surface area contributed by atoms with Gasteiger partial charge in [-0.05, 0) is 29.7 Å². The number of carboxylic acid groups (broad SMARTS) is 1. The number of pyridine rings is 1. The van der Waals surface area contributed by atoms with Gasteiger partial charge in [-0.25, -0.2) is 0 Å². The first-order chi connectivity index (χ1) is 9.04. The van der Waals surface area contributed by atoms with Crippen molar-refractivity contribution >= 4 is 5.97 Å². The maximum Gasteiger partial charge on any atom is 0.307 e. The van der Waals surface area contributed by atoms with E-state index in [1.54, 1.807) is 29.0 Å². The summed E-state index contributed by atoms with van der Waals surface area (Å²) in [6, 6.07) is 10.7. The van der Waals surface area contributed by atoms with Crippen LogP contribution in [0.25, 0.3) is 0 Å². The molecule has 0 amide bonds. The zero-order valence-electron chi connectivity index (χ0n) is 10.7. The zero-order chi connectivity index (χ0) is 13.8. The lowest BCUT2D eigenvalue weighted by molar-refractivity contribution is -0.136. The van der Waals surface area contributed by atoms with E-state index in [0.717, 1.165) is 16.7 Å². The van der Waals surface area contributed by atoms with Crippen molar-refractivity contribution in [3.8, 4) is 0 Å². The molecule has 0 unspecified atom stereocenters. The number of aromatic nitrogens is 1. The molecule has 2 rings (SSSR count). The van der Waals surface area contributed by atoms with Crippen LogP contribution in [0, 0.1) is 6.92 Å². The van der Waals surface area contributed by atoms with Crippen LogP contribution in [-0.4, -0.2) is 15.6 Å². The molecule has 0 fully saturated rings. The first kappa shape index (κ1) is 13.1. The average Bonchev–Trinajstić information content (AvgIpc) is 2.34. The Bertz CT molecular complexity index is 641. The molecule has 0 bridgehead atoms. The largest absolute Gasteiger partial charge is 0.481 e. The number of rotatable bonds is 4. The van der Waals surface area contributed by atoms with Gasteiger partial charge in [0.25, 0.3) is 5.56 Å². The summed E-state index contributed by atoms with van der Waals surface area (Å²) in [6.07, 6.45) is 1.79. The molecule has 1 heterocycles. The molecular formula is C15H15NO3. The molecule has 4 heteroatoms. The number of hydrogen-bond donors (Lipinski definition) is 1. The minimum Gasteiger partial charge on any atom is -0.481 e. The lowest BCUT2D eigenvalue weighted by Crippen LogP contribution is -2.19. The minimum absolute atomic E-state index is 0.0186. The molecule has 1 aromatic heterocycles. The van der Waals surface area contributed by atoms with E-state index in [1.807, 2.05) is 25.1 Å². The Morgan fingerprint density at radius 1 is 1.16 bits per heavy atom. The number of aryl methyl sites for hydroxylation is 1. The Morgan fingerprint density at radius 3 is 2.37 bits per heavy atom. The number of carboxylic acids is 1. The van der Waals surface area contributed by atoms with Gasteiger partial charge in [0, 0.05) is 12.3 Å². The molecule has 2 aromatic rings. The van der Waals surface area contributed by atoms with Gasteiger partial charge >= 0.3 is 5.97 Å². The molecule has 19 heavy (non-hydrogen) atoms. The lowest BCUT2D eigenvalue weighted by Gasteiger charge is -2.06. The van der Waals surface area contributed by atoms with Crippen molar-refractivity contribution in [1.29, 1.82) is 0 Å². The summed E-state index contributed by atoms with van der Waals surface area (Å²) in [5, 5.41) is 8.69. The van der Waals surface area contributed by atoms with E-state index in [1.165, 1.54) is 0 Å². The van der Waals surface area contributed by atoms with E-state index in [4.69, 9.17) is 5.11 Å². The Morgan fingerprint density at radius 2 is 1.79 bits per heavy atom. The van der Waals surface area contributed by atoms with Crippen LogP contribution in [-0.2, 0) is 17.8 Å². The van der Waals surface area contributed by atoms with Crippen LogP contribution in [0.4, 0.5) is 0 Å². The molecule has 0 aliphatic rings. The third-order valence-corrected chi connectivity index (χ3v) is 2.88. The standard InChI is InChI=1S/C15H15NO3/c1-11-6-7-16(14(17)8-11)10-13-4-2-12(3-5-13)9-15(18)19/h2-8H,9-10H2,1H3,(H,18,19). The van der Waals surface area contributed by atoms with Crippen molar-refractivity contribution in [2.75, 3.05) is 0 Å². The summed E-state index contributed by atoms with van der Waals surface area (Å²) in [5.74, 6) is -0.845. The molecule has 0 radical (unpaired) electrons. The van der Waals surface area contributed by atoms with E-state index < -0.39 is 5.97 Å². The first-order valence-electron chi connectivity index (χ1n) is 6.01. The van der Waals surface area contributed by atoms with Crippen LogP contribution >= 0.6 is 0 Å². The van der Waals surface area contributed by atoms with Crippen molar-refractivity contribution in [2.45, 2.75) is 19.9 Å². The van der Waals surface area contributed by atoms with Gasteiger partial charge in [0.1, 0.15) is 0 Å². The van der Waals surface area contributed by atoms with Crippen LogP contribution in [0.2, 0.25) is 0 Å². The fraction of sp³-hybridized carbons (Fsp3) is 0.200. The highest BCUT2D eigenvalue weighted by Gasteiger charge is 2.02. The number of nitrogens with zero attached hydrogens (tertiary/aromatic N) is 1. The van der Waals surface area contributed by atoms with Gasteiger partial charge in [-0.1, -0.05) is 24.3 Å². The van der Waals surface area contributed by atoms with Gasteiger partial charge in [0.05, 0.1) is 13.0 Å². The maximum atomic E-state index is 11.7. The molecule has 0 saturated carbocycles. The van der Waals surface area contributed by atoms with E-state index in [9.17, 15) is 9.59 Å². The Kier molecular flexibility index (Phi) is 3.80. The lowest BCUT2D eigenvalue weighted by atomic mass is 10.1. The topological polar surface area (TPSA) is 59.3 Å². The van der Waals surface area contributed by atoms with Gasteiger partial charge in [-0.15, -0.1) is 0 Å². The van der Waals surface area contributed by atoms with Gasteiger partial charge in [-0.2, -0.15) is 0 Å². The van der Waals surface area contributed by atoms with Gasteiger partial charge in [0.15, 0.2) is 0 Å². The van der Waals surface area contributed by atoms with Gasteiger partial charge < -0.3 is 9.67 Å². The van der Waals surface area contributed by atoms with Crippen LogP contribution < -0.4 is 5.56 Å². The molecule has 0 saturated heterocycles. The summed E-state index contributed by atoms with van der Waals surface area (Å²) < 4.78 is 1.62. The van der Waals surface area contributed by atoms with E-state index in [2.05, 4.69) is 0 Å². The number of aliphatic carboxylic acids is 1. The molecule has 1 N–H and O–H groups in total. The summed E-state index contributed by atoms with van der Waals surface area (Å²) in [4.78, 5) is 22.3. The smallest absolute Gasteiger partial charge is 0.307 e. The van der Waals surface area contributed by atoms with Gasteiger partial charge in [-0.3, -0.25) is 9.59 Å². The van der Waals surface area contributed by atoms with Crippen molar-refractivity contribution in [3.05, 3.63) is 69.6 Å². The average molecular weight is 257 g/mol. The Hall–Kier alpha value is -2.36. The monoisotopic (exact) mass is 257 g/mol. The number of carbonyl (C=O) groups is 1. The van der Waals surface area contributed by atoms with E-state index >= 15 is 0 Å². The SMILES string of the molecule is Cc1ccn(Cc2ccc(CC(=O)O)cc2)c(=O)c1. The third-order valence-electron chi connectivity index (χ3n) is 2.88. The highest BCUT2D eigenvalue weighted by Crippen LogP contribution is 2.06. The molecule has 98 valence electrons. The van der Waals surface area contributed by atoms with Crippen LogP contribution in [0.1, 0.15) is 16.7 Å². The second-order valence-electron chi connectivity index (χ2n) is 4.56. The Labute approximate surface area is 110 Å². The molecule has 0 aliphatic heterocycles. The summed E-state index contributed by atoms with van der Waals surface area (Å²) in [5.41, 5.74) is 2.64. The second kappa shape index (κ2) is 5.52. The maximum absolute atomic E-state index is 11.7. The van der Waals surface area contributed by atoms with Crippen LogP contribution in [0.15, 0.2) is 47.4 Å². The highest BCUT2D eigenvalue weighted by atomic mass is 16.4. The third kappa shape index (κ3) is 3.55. The van der Waals surface area contributed by atoms with E-state index in [0.29, 0.717) is 6.54 Å². The fourth-order valence-corrected chi connectivity index (χ4v) is 1.87. The summed E-state index contributed by atoms with van der Waals surface area (Å²) in [6.45, 7) is 2.37. The minimum atomic E-state index is -0.845. The fourth-order valence-electron chi connectivity index (χ4n) is 1.87. The molecule has 1 aromatic carbocycles. The second-order valence-corrected chi connectivity index (χ2v) is 4.56. The van der Waals surface area contributed by atoms with Crippen molar-refractivity contribution in [1.82, 2.24) is 4.57 Å². The molecule has 4 nitrogen and oxygen atoms in total. The normalized spacial score (nSPS) is 10.4. The van der Waals surface area contributed by atoms with E-state index in [-0.39, 0.29) is 12.0 Å². The predicted molar refractivity (Wildman–Crippen MR) is 72.3 cm³/mol. The van der Waals surface area contributed by atoms with Crippen molar-refractivity contribution in [3.63, 3.8) is 0 Å². The Balaban J connectivity index is 2.15. The number of hydrogen-bond acceptors (Lipinski definition) is 2. The summed E-state index contributed by atoms with van der Waals surface area (Å²) in [7, 11) is 0. The summed E-state index contributed by atoms with van der Waals surface area (Å²) >= 11 is 0. The molecular weight excluding hydrogens is 242 g/mol. The van der Waals surface area contributed by atoms with Crippen molar-refractivity contribution in [2.24, 2.45) is 0 Å². The zero-order valence-corrected chi connectivity index (χ0v) is 10.7. The highest BCUT2D eigenvalue weighted by molar-refractivity contribution is 5.70. The molecule has 0 spiro atoms.